The highest BCUT2D eigenvalue weighted by Gasteiger charge is 2.35. The molecule has 1 unspecified atom stereocenters. The molecular formula is C31H26ClF5N6O2. The van der Waals surface area contributed by atoms with Crippen LogP contribution in [0.2, 0.25) is 5.02 Å². The zero-order valence-electron chi connectivity index (χ0n) is 24.3. The second-order valence-corrected chi connectivity index (χ2v) is 11.4. The lowest BCUT2D eigenvalue weighted by molar-refractivity contribution is -0.126. The number of aromatic nitrogens is 2. The van der Waals surface area contributed by atoms with Crippen LogP contribution in [0.5, 0.6) is 0 Å². The Balaban J connectivity index is 1.88. The molecule has 2 atom stereocenters. The summed E-state index contributed by atoms with van der Waals surface area (Å²) in [5.74, 6) is -11.9. The Kier molecular flexibility index (Phi) is 8.55. The summed E-state index contributed by atoms with van der Waals surface area (Å²) in [6.45, 7) is 9.80. The van der Waals surface area contributed by atoms with Crippen LogP contribution in [0.1, 0.15) is 32.4 Å². The number of benzene rings is 1. The summed E-state index contributed by atoms with van der Waals surface area (Å²) in [6.07, 6.45) is 4.48. The molecule has 2 aromatic heterocycles. The molecule has 4 heterocycles. The van der Waals surface area contributed by atoms with Gasteiger partial charge < -0.3 is 9.80 Å². The first kappa shape index (κ1) is 31.8. The van der Waals surface area contributed by atoms with Gasteiger partial charge in [0.2, 0.25) is 11.7 Å². The summed E-state index contributed by atoms with van der Waals surface area (Å²) in [7, 11) is 0. The van der Waals surface area contributed by atoms with Crippen LogP contribution in [-0.2, 0) is 4.79 Å². The minimum absolute atomic E-state index is 0.111. The first-order chi connectivity index (χ1) is 21.3. The molecule has 1 saturated heterocycles. The normalized spacial score (nSPS) is 18.4. The van der Waals surface area contributed by atoms with Crippen molar-refractivity contribution < 1.29 is 26.7 Å². The van der Waals surface area contributed by atoms with Gasteiger partial charge in [0, 0.05) is 49.4 Å². The van der Waals surface area contributed by atoms with Gasteiger partial charge in [0.25, 0.3) is 5.56 Å². The predicted octanol–water partition coefficient (Wildman–Crippen LogP) is 5.92. The average molecular weight is 645 g/mol. The third kappa shape index (κ3) is 5.16. The lowest BCUT2D eigenvalue weighted by Gasteiger charge is -2.37. The van der Waals surface area contributed by atoms with Gasteiger partial charge in [-0.2, -0.15) is 5.26 Å². The number of piperazine rings is 1. The van der Waals surface area contributed by atoms with Gasteiger partial charge in [-0.3, -0.25) is 19.1 Å². The van der Waals surface area contributed by atoms with E-state index >= 15 is 8.78 Å². The highest BCUT2D eigenvalue weighted by molar-refractivity contribution is 6.34. The summed E-state index contributed by atoms with van der Waals surface area (Å²) >= 11 is 6.48. The van der Waals surface area contributed by atoms with Gasteiger partial charge in [0.15, 0.2) is 23.3 Å². The maximum Gasteiger partial charge on any atom is 0.272 e. The Morgan fingerprint density at radius 1 is 1.09 bits per heavy atom. The van der Waals surface area contributed by atoms with Crippen molar-refractivity contribution >= 4 is 39.9 Å². The third-order valence-corrected chi connectivity index (χ3v) is 8.32. The maximum absolute atomic E-state index is 15.0. The molecule has 0 N–H and O–H groups in total. The summed E-state index contributed by atoms with van der Waals surface area (Å²) in [5.41, 5.74) is -2.79. The van der Waals surface area contributed by atoms with E-state index in [1.807, 2.05) is 19.9 Å². The molecule has 1 amide bonds. The standard InChI is InChI=1S/C31H26ClF5N6O2/c1-5-19(44)41-8-10-42(11-9-41)29-16-12-18(32)27(20-21(33)23(35)25(37)24(36)22(20)34)40-30(16)43(31(45)17(29)13-38)28-15(4)6-7-39-26(28)14(2)3/h5-7,12,14-15,28H,1,8-11H2,2-4H3/t15-,28?/m1/s1. The van der Waals surface area contributed by atoms with E-state index in [1.165, 1.54) is 21.6 Å². The van der Waals surface area contributed by atoms with Crippen molar-refractivity contribution in [2.45, 2.75) is 26.8 Å². The molecule has 14 heteroatoms. The van der Waals surface area contributed by atoms with Gasteiger partial charge >= 0.3 is 0 Å². The second kappa shape index (κ2) is 12.1. The number of allylic oxidation sites excluding steroid dienone is 1. The zero-order chi connectivity index (χ0) is 32.9. The Bertz CT molecular complexity index is 1900. The Morgan fingerprint density at radius 3 is 2.24 bits per heavy atom. The van der Waals surface area contributed by atoms with E-state index in [1.54, 1.807) is 24.1 Å². The molecule has 0 aliphatic carbocycles. The molecule has 2 aliphatic heterocycles. The van der Waals surface area contributed by atoms with E-state index in [2.05, 4.69) is 16.6 Å². The van der Waals surface area contributed by atoms with Crippen molar-refractivity contribution in [3.8, 4) is 17.3 Å². The smallest absolute Gasteiger partial charge is 0.272 e. The van der Waals surface area contributed by atoms with E-state index < -0.39 is 57.0 Å². The summed E-state index contributed by atoms with van der Waals surface area (Å²) < 4.78 is 73.8. The minimum Gasteiger partial charge on any atom is -0.366 e. The first-order valence-corrected chi connectivity index (χ1v) is 14.3. The highest BCUT2D eigenvalue weighted by atomic mass is 35.5. The number of aliphatic imine (C=N–C) groups is 1. The summed E-state index contributed by atoms with van der Waals surface area (Å²) in [5, 5.41) is 9.94. The monoisotopic (exact) mass is 644 g/mol. The number of amides is 1. The minimum atomic E-state index is -2.35. The Morgan fingerprint density at radius 2 is 1.69 bits per heavy atom. The first-order valence-electron chi connectivity index (χ1n) is 13.9. The van der Waals surface area contributed by atoms with E-state index in [0.29, 0.717) is 5.71 Å². The number of nitriles is 1. The van der Waals surface area contributed by atoms with Crippen LogP contribution in [0.4, 0.5) is 27.6 Å². The lowest BCUT2D eigenvalue weighted by atomic mass is 9.88. The van der Waals surface area contributed by atoms with E-state index in [9.17, 15) is 28.0 Å². The molecule has 234 valence electrons. The van der Waals surface area contributed by atoms with Crippen molar-refractivity contribution in [2.75, 3.05) is 31.1 Å². The van der Waals surface area contributed by atoms with Crippen LogP contribution in [0.3, 0.4) is 0 Å². The number of hydrogen-bond acceptors (Lipinski definition) is 6. The molecule has 0 spiro atoms. The molecular weight excluding hydrogens is 619 g/mol. The largest absolute Gasteiger partial charge is 0.366 e. The van der Waals surface area contributed by atoms with Crippen molar-refractivity contribution in [2.24, 2.45) is 16.8 Å². The van der Waals surface area contributed by atoms with Crippen LogP contribution in [0.25, 0.3) is 22.3 Å². The fourth-order valence-electron chi connectivity index (χ4n) is 5.82. The third-order valence-electron chi connectivity index (χ3n) is 8.03. The van der Waals surface area contributed by atoms with Crippen molar-refractivity contribution in [1.82, 2.24) is 14.5 Å². The summed E-state index contributed by atoms with van der Waals surface area (Å²) in [4.78, 5) is 38.5. The number of hydrogen-bond donors (Lipinski definition) is 0. The van der Waals surface area contributed by atoms with Gasteiger partial charge in [-0.25, -0.2) is 26.9 Å². The van der Waals surface area contributed by atoms with Crippen LogP contribution < -0.4 is 10.5 Å². The topological polar surface area (TPSA) is 94.6 Å². The van der Waals surface area contributed by atoms with Crippen LogP contribution in [0.15, 0.2) is 40.8 Å². The number of carbonyl (C=O) groups is 1. The van der Waals surface area contributed by atoms with Crippen LogP contribution in [-0.4, -0.2) is 52.2 Å². The maximum atomic E-state index is 15.0. The molecule has 1 fully saturated rings. The quantitative estimate of drug-likeness (QED) is 0.149. The number of nitrogens with zero attached hydrogens (tertiary/aromatic N) is 6. The molecule has 2 aliphatic rings. The lowest BCUT2D eigenvalue weighted by Crippen LogP contribution is -2.49. The molecule has 0 bridgehead atoms. The molecule has 45 heavy (non-hydrogen) atoms. The van der Waals surface area contributed by atoms with Crippen molar-refractivity contribution in [3.05, 3.63) is 81.0 Å². The number of anilines is 1. The molecule has 5 rings (SSSR count). The Labute approximate surface area is 259 Å². The SMILES string of the molecule is C=CC(=O)N1CCN(c2c(C#N)c(=O)n(C3C(C(C)C)=NC=C[C@H]3C)c3nc(-c4c(F)c(F)c(F)c(F)c4F)c(Cl)cc23)CC1. The van der Waals surface area contributed by atoms with Crippen molar-refractivity contribution in [3.63, 3.8) is 0 Å². The van der Waals surface area contributed by atoms with Gasteiger partial charge in [0.1, 0.15) is 17.3 Å². The molecule has 1 aromatic carbocycles. The van der Waals surface area contributed by atoms with Gasteiger partial charge in [0.05, 0.1) is 28.0 Å². The number of pyridine rings is 2. The van der Waals surface area contributed by atoms with Crippen molar-refractivity contribution in [1.29, 1.82) is 5.26 Å². The van der Waals surface area contributed by atoms with E-state index in [-0.39, 0.29) is 66.2 Å². The molecule has 0 radical (unpaired) electrons. The van der Waals surface area contributed by atoms with Crippen LogP contribution >= 0.6 is 11.6 Å². The average Bonchev–Trinajstić information content (AvgIpc) is 3.02. The zero-order valence-corrected chi connectivity index (χ0v) is 25.1. The van der Waals surface area contributed by atoms with E-state index in [4.69, 9.17) is 11.6 Å². The second-order valence-electron chi connectivity index (χ2n) is 11.0. The number of fused-ring (bicyclic) bond motifs is 1. The van der Waals surface area contributed by atoms with Gasteiger partial charge in [-0.05, 0) is 18.1 Å². The number of rotatable bonds is 5. The fraction of sp³-hybridized carbons (Fsp3) is 0.323. The van der Waals surface area contributed by atoms with Crippen LogP contribution in [0, 0.1) is 52.3 Å². The van der Waals surface area contributed by atoms with Gasteiger partial charge in [-0.15, -0.1) is 0 Å². The summed E-state index contributed by atoms with van der Waals surface area (Å²) in [6, 6.07) is 2.35. The van der Waals surface area contributed by atoms with E-state index in [0.717, 1.165) is 0 Å². The Hall–Kier alpha value is -4.57. The fourth-order valence-corrected chi connectivity index (χ4v) is 6.06. The number of carbonyl (C=O) groups excluding carboxylic acids is 1. The number of halogens is 6. The molecule has 8 nitrogen and oxygen atoms in total. The highest BCUT2D eigenvalue weighted by Crippen LogP contribution is 2.40. The molecule has 3 aromatic rings. The van der Waals surface area contributed by atoms with Gasteiger partial charge in [-0.1, -0.05) is 45.0 Å². The predicted molar refractivity (Wildman–Crippen MR) is 160 cm³/mol. The molecule has 0 saturated carbocycles.